The predicted octanol–water partition coefficient (Wildman–Crippen LogP) is 30.3. The Labute approximate surface area is 673 Å². The number of esters is 2. The Morgan fingerprint density at radius 1 is 0.174 bits per heavy atom. The smallest absolute Gasteiger partial charge is 0.305 e. The molecular weight excluding hydrogens is 1340 g/mol. The van der Waals surface area contributed by atoms with Gasteiger partial charge in [-0.05, 0) is 205 Å². The molecule has 0 N–H and O–H groups in total. The molecule has 2 saturated heterocycles. The molecule has 8 nitrogen and oxygen atoms in total. The molecule has 2 heterocycles. The van der Waals surface area contributed by atoms with Crippen LogP contribution in [-0.2, 0) is 38.2 Å². The zero-order chi connectivity index (χ0) is 76.7. The van der Waals surface area contributed by atoms with E-state index in [2.05, 4.69) is 6.92 Å². The molecule has 0 aromatic heterocycles. The monoisotopic (exact) mass is 1520 g/mol. The molecule has 13 atom stereocenters. The van der Waals surface area contributed by atoms with Gasteiger partial charge >= 0.3 is 11.9 Å². The average molecular weight is 1520 g/mol. The van der Waals surface area contributed by atoms with Crippen molar-refractivity contribution in [3.8, 4) is 0 Å². The number of rotatable bonds is 0. The van der Waals surface area contributed by atoms with E-state index in [1.807, 2.05) is 0 Å². The molecule has 0 amide bonds. The Balaban J connectivity index is 0.000000182. The van der Waals surface area contributed by atoms with Crippen molar-refractivity contribution < 1.29 is 38.2 Å². The summed E-state index contributed by atoms with van der Waals surface area (Å²) in [5, 5.41) is 0. The first kappa shape index (κ1) is 93.8. The number of fused-ring (bicyclic) bond motifs is 6. The van der Waals surface area contributed by atoms with E-state index >= 15 is 0 Å². The second-order valence-electron chi connectivity index (χ2n) is 39.1. The molecule has 0 aromatic carbocycles. The summed E-state index contributed by atoms with van der Waals surface area (Å²) < 4.78 is 10.5. The van der Waals surface area contributed by atoms with E-state index in [1.54, 1.807) is 0 Å². The first-order chi connectivity index (χ1) is 53.6. The quantitative estimate of drug-likeness (QED) is 0.220. The summed E-state index contributed by atoms with van der Waals surface area (Å²) >= 11 is 0. The van der Waals surface area contributed by atoms with E-state index in [1.165, 1.54) is 385 Å². The van der Waals surface area contributed by atoms with Crippen molar-refractivity contribution in [1.29, 1.82) is 0 Å². The van der Waals surface area contributed by atoms with E-state index in [4.69, 9.17) is 9.47 Å². The van der Waals surface area contributed by atoms with Crippen molar-refractivity contribution >= 4 is 35.1 Å². The van der Waals surface area contributed by atoms with E-state index < -0.39 is 0 Å². The number of ketones is 4. The highest BCUT2D eigenvalue weighted by atomic mass is 16.5. The maximum absolute atomic E-state index is 11.9. The molecule has 12 aliphatic rings. The van der Waals surface area contributed by atoms with E-state index in [0.29, 0.717) is 55.1 Å². The van der Waals surface area contributed by atoms with Gasteiger partial charge in [0.1, 0.15) is 23.1 Å². The van der Waals surface area contributed by atoms with Crippen molar-refractivity contribution in [1.82, 2.24) is 0 Å². The van der Waals surface area contributed by atoms with Gasteiger partial charge in [-0.25, -0.2) is 0 Å². The van der Waals surface area contributed by atoms with Crippen LogP contribution in [0.25, 0.3) is 0 Å². The zero-order valence-electron chi connectivity index (χ0n) is 72.0. The minimum absolute atomic E-state index is 0.0200. The van der Waals surface area contributed by atoms with Crippen LogP contribution >= 0.6 is 0 Å². The molecule has 0 bridgehead atoms. The Morgan fingerprint density at radius 2 is 0.376 bits per heavy atom. The van der Waals surface area contributed by atoms with Crippen molar-refractivity contribution in [3.63, 3.8) is 0 Å². The molecule has 0 spiro atoms. The van der Waals surface area contributed by atoms with Gasteiger partial charge in [-0.2, -0.15) is 0 Å². The van der Waals surface area contributed by atoms with Gasteiger partial charge in [-0.15, -0.1) is 0 Å². The largest absolute Gasteiger partial charge is 0.466 e. The summed E-state index contributed by atoms with van der Waals surface area (Å²) in [4.78, 5) is 69.8. The van der Waals surface area contributed by atoms with Gasteiger partial charge in [0.2, 0.25) is 0 Å². The first-order valence-corrected chi connectivity index (χ1v) is 49.9. The fraction of sp³-hybridized carbons (Fsp3) is 0.941. The normalized spacial score (nSPS) is 33.1. The molecule has 8 heteroatoms. The average Bonchev–Trinajstić information content (AvgIpc) is 1.74. The summed E-state index contributed by atoms with van der Waals surface area (Å²) in [5.74, 6) is 15.0. The minimum atomic E-state index is 0.0200. The molecule has 12 rings (SSSR count). The third-order valence-electron chi connectivity index (χ3n) is 28.8. The minimum Gasteiger partial charge on any atom is -0.466 e. The lowest BCUT2D eigenvalue weighted by molar-refractivity contribution is -0.144. The Bertz CT molecular complexity index is 2300. The maximum Gasteiger partial charge on any atom is 0.305 e. The lowest BCUT2D eigenvalue weighted by atomic mass is 9.95. The zero-order valence-corrected chi connectivity index (χ0v) is 72.0. The van der Waals surface area contributed by atoms with Crippen LogP contribution in [0.5, 0.6) is 0 Å². The van der Waals surface area contributed by atoms with Crippen LogP contribution in [0.1, 0.15) is 514 Å². The summed E-state index contributed by atoms with van der Waals surface area (Å²) in [6.45, 7) is 3.58. The lowest BCUT2D eigenvalue weighted by Gasteiger charge is -2.10. The van der Waals surface area contributed by atoms with Gasteiger partial charge in [0, 0.05) is 64.2 Å². The van der Waals surface area contributed by atoms with Gasteiger partial charge in [0.05, 0.1) is 13.2 Å². The van der Waals surface area contributed by atoms with Crippen LogP contribution in [0, 0.1) is 76.9 Å². The maximum atomic E-state index is 11.9. The Morgan fingerprint density at radius 3 is 0.697 bits per heavy atom. The topological polar surface area (TPSA) is 121 Å². The fourth-order valence-corrected chi connectivity index (χ4v) is 20.6. The number of Topliss-reactive ketones (excluding diaryl/α,β-unsaturated/α-hetero) is 4. The number of hydrogen-bond donors (Lipinski definition) is 0. The van der Waals surface area contributed by atoms with Gasteiger partial charge < -0.3 is 9.47 Å². The second kappa shape index (κ2) is 61.0. The van der Waals surface area contributed by atoms with Crippen LogP contribution < -0.4 is 0 Å². The standard InChI is InChI=1S/C18H32O.C17H30O2.2C17H30O.C16H28O2.C16H28O/c19-18-13-9-5-1-3-7-11-16-15-17(16)12-8-4-2-6-10-14-18;18-17-12-8-4-3-7-11-16-14-15(16)10-6-2-1-5-9-13-19-17;1-14-11-16-13-15(16)9-7-5-3-2-4-6-8-10-17(18)12-14;18-17-12-8-6-4-2-1-3-5-7-10-15-14-16(15)11-9-13-17;17-16-11-7-5-3-1-2-4-6-9-14-13-15(14)10-8-12-18-16;17-16-10-8-6-4-2-1-3-5-7-9-14-13-15(14)11-12-16/h16-17H,1-15H2;15-16H,1-14H2;14-16H,2-13H2,1H3;15-16H,1-14H2;14-15H,1-13H2;14-15H,1-13H2. The van der Waals surface area contributed by atoms with E-state index in [0.717, 1.165) is 180 Å². The highest BCUT2D eigenvalue weighted by Gasteiger charge is 2.40. The Kier molecular flexibility index (Phi) is 52.5. The molecule has 10 aliphatic carbocycles. The number of cyclic esters (lactones) is 2. The third-order valence-corrected chi connectivity index (χ3v) is 28.8. The number of ether oxygens (including phenoxy) is 2. The third kappa shape index (κ3) is 50.7. The molecule has 630 valence electrons. The predicted molar refractivity (Wildman–Crippen MR) is 458 cm³/mol. The van der Waals surface area contributed by atoms with Crippen molar-refractivity contribution in [2.75, 3.05) is 13.2 Å². The second-order valence-corrected chi connectivity index (χ2v) is 39.1. The lowest BCUT2D eigenvalue weighted by Crippen LogP contribution is -2.06. The van der Waals surface area contributed by atoms with Gasteiger partial charge in [0.15, 0.2) is 0 Å². The molecule has 0 aromatic rings. The van der Waals surface area contributed by atoms with Crippen LogP contribution in [0.4, 0.5) is 0 Å². The molecule has 10 saturated carbocycles. The summed E-state index contributed by atoms with van der Waals surface area (Å²) in [5.41, 5.74) is 0. The highest BCUT2D eigenvalue weighted by molar-refractivity contribution is 5.79. The van der Waals surface area contributed by atoms with Gasteiger partial charge in [-0.3, -0.25) is 28.8 Å². The summed E-state index contributed by atoms with van der Waals surface area (Å²) in [6, 6.07) is 0. The van der Waals surface area contributed by atoms with Crippen LogP contribution in [0.3, 0.4) is 0 Å². The molecule has 109 heavy (non-hydrogen) atoms. The van der Waals surface area contributed by atoms with Crippen molar-refractivity contribution in [2.24, 2.45) is 76.9 Å². The van der Waals surface area contributed by atoms with Crippen molar-refractivity contribution in [3.05, 3.63) is 0 Å². The molecule has 12 fully saturated rings. The van der Waals surface area contributed by atoms with Crippen LogP contribution in [0.2, 0.25) is 0 Å². The number of hydrogen-bond acceptors (Lipinski definition) is 8. The number of carbonyl (C=O) groups is 6. The molecule has 13 unspecified atom stereocenters. The number of carbonyl (C=O) groups excluding carboxylic acids is 6. The first-order valence-electron chi connectivity index (χ1n) is 49.9. The summed E-state index contributed by atoms with van der Waals surface area (Å²) in [6.07, 6.45) is 101. The molecule has 2 aliphatic heterocycles. The molecule has 0 radical (unpaired) electrons. The van der Waals surface area contributed by atoms with Crippen molar-refractivity contribution in [2.45, 2.75) is 514 Å². The highest BCUT2D eigenvalue weighted by Crippen LogP contribution is 2.50. The van der Waals surface area contributed by atoms with Gasteiger partial charge in [0.25, 0.3) is 0 Å². The molecular formula is C101H178O8. The van der Waals surface area contributed by atoms with Crippen LogP contribution in [0.15, 0.2) is 0 Å². The SMILES string of the molecule is CC1CC(=O)CCCCCCCCCC2CC2C1.O=C1CCCCCCC2CC2CCCCCCCO1.O=C1CCCCCCCC2CC2CCCCCCC1.O=C1CCCCCCCCCC2CC2CCCO1.O=C1CCCCCCCCCCC2CC2CC1.O=C1CCCCCCCCCCC2CC2CCC1. The van der Waals surface area contributed by atoms with Gasteiger partial charge in [-0.1, -0.05) is 322 Å². The van der Waals surface area contributed by atoms with Crippen LogP contribution in [-0.4, -0.2) is 48.3 Å². The van der Waals surface area contributed by atoms with E-state index in [9.17, 15) is 28.8 Å². The fourth-order valence-electron chi connectivity index (χ4n) is 20.6. The van der Waals surface area contributed by atoms with E-state index in [-0.39, 0.29) is 11.9 Å². The summed E-state index contributed by atoms with van der Waals surface area (Å²) in [7, 11) is 0. The Hall–Kier alpha value is -2.38.